The minimum absolute atomic E-state index is 0.0709. The standard InChI is InChI=1S/C14H11ClFN5O2S/c1-9-17-19-20-21(9)11-5-6-13(16)14(8-11)18-24(22,23)12-4-2-3-10(15)7-12/h2-8,18H,1H3. The molecule has 0 saturated carbocycles. The summed E-state index contributed by atoms with van der Waals surface area (Å²) < 4.78 is 42.4. The molecule has 0 spiro atoms. The zero-order chi connectivity index (χ0) is 17.3. The van der Waals surface area contributed by atoms with Crippen LogP contribution in [0.4, 0.5) is 10.1 Å². The van der Waals surface area contributed by atoms with E-state index in [4.69, 9.17) is 11.6 Å². The molecule has 124 valence electrons. The van der Waals surface area contributed by atoms with Crippen LogP contribution in [-0.2, 0) is 10.0 Å². The Kier molecular flexibility index (Phi) is 4.20. The highest BCUT2D eigenvalue weighted by molar-refractivity contribution is 7.92. The fourth-order valence-electron chi connectivity index (χ4n) is 2.03. The molecule has 1 heterocycles. The van der Waals surface area contributed by atoms with Crippen molar-refractivity contribution in [3.8, 4) is 5.69 Å². The molecule has 0 radical (unpaired) electrons. The third-order valence-corrected chi connectivity index (χ3v) is 4.77. The Hall–Kier alpha value is -2.52. The predicted molar refractivity (Wildman–Crippen MR) is 86.1 cm³/mol. The molecule has 10 heteroatoms. The molecule has 0 aliphatic heterocycles. The van der Waals surface area contributed by atoms with E-state index in [0.29, 0.717) is 11.5 Å². The van der Waals surface area contributed by atoms with Crippen molar-refractivity contribution in [1.82, 2.24) is 20.2 Å². The molecule has 0 amide bonds. The predicted octanol–water partition coefficient (Wildman–Crippen LogP) is 2.56. The van der Waals surface area contributed by atoms with E-state index < -0.39 is 15.8 Å². The molecule has 1 aromatic heterocycles. The summed E-state index contributed by atoms with van der Waals surface area (Å²) >= 11 is 5.80. The first-order valence-corrected chi connectivity index (χ1v) is 8.56. The maximum absolute atomic E-state index is 14.0. The van der Waals surface area contributed by atoms with Crippen molar-refractivity contribution in [1.29, 1.82) is 0 Å². The van der Waals surface area contributed by atoms with Gasteiger partial charge in [-0.3, -0.25) is 4.72 Å². The molecule has 3 aromatic rings. The number of aryl methyl sites for hydroxylation is 1. The Morgan fingerprint density at radius 1 is 1.21 bits per heavy atom. The summed E-state index contributed by atoms with van der Waals surface area (Å²) in [7, 11) is -3.99. The number of tetrazole rings is 1. The van der Waals surface area contributed by atoms with E-state index in [9.17, 15) is 12.8 Å². The molecule has 0 aliphatic rings. The number of halogens is 2. The third-order valence-electron chi connectivity index (χ3n) is 3.17. The largest absolute Gasteiger partial charge is 0.277 e. The minimum Gasteiger partial charge on any atom is -0.277 e. The molecule has 7 nitrogen and oxygen atoms in total. The normalized spacial score (nSPS) is 11.5. The van der Waals surface area contributed by atoms with Crippen LogP contribution in [-0.4, -0.2) is 28.6 Å². The van der Waals surface area contributed by atoms with Crippen molar-refractivity contribution in [2.45, 2.75) is 11.8 Å². The van der Waals surface area contributed by atoms with Crippen LogP contribution in [0.2, 0.25) is 5.02 Å². The summed E-state index contributed by atoms with van der Waals surface area (Å²) in [5, 5.41) is 11.3. The van der Waals surface area contributed by atoms with Crippen LogP contribution in [0.1, 0.15) is 5.82 Å². The second-order valence-corrected chi connectivity index (χ2v) is 6.98. The van der Waals surface area contributed by atoms with Gasteiger partial charge in [0.15, 0.2) is 5.82 Å². The van der Waals surface area contributed by atoms with Crippen molar-refractivity contribution in [3.63, 3.8) is 0 Å². The average Bonchev–Trinajstić information content (AvgIpc) is 2.95. The lowest BCUT2D eigenvalue weighted by molar-refractivity contribution is 0.598. The van der Waals surface area contributed by atoms with E-state index in [0.717, 1.165) is 6.07 Å². The maximum atomic E-state index is 14.0. The van der Waals surface area contributed by atoms with E-state index >= 15 is 0 Å². The smallest absolute Gasteiger partial charge is 0.262 e. The summed E-state index contributed by atoms with van der Waals surface area (Å²) in [6, 6.07) is 9.55. The zero-order valence-electron chi connectivity index (χ0n) is 12.3. The number of nitrogens with zero attached hydrogens (tertiary/aromatic N) is 4. The number of hydrogen-bond donors (Lipinski definition) is 1. The Morgan fingerprint density at radius 3 is 2.67 bits per heavy atom. The summed E-state index contributed by atoms with van der Waals surface area (Å²) in [6.45, 7) is 1.67. The first-order chi connectivity index (χ1) is 11.4. The van der Waals surface area contributed by atoms with Crippen molar-refractivity contribution in [2.24, 2.45) is 0 Å². The van der Waals surface area contributed by atoms with Gasteiger partial charge < -0.3 is 0 Å². The SMILES string of the molecule is Cc1nnnn1-c1ccc(F)c(NS(=O)(=O)c2cccc(Cl)c2)c1. The van der Waals surface area contributed by atoms with Crippen LogP contribution >= 0.6 is 11.6 Å². The number of rotatable bonds is 4. The Morgan fingerprint density at radius 2 is 2.00 bits per heavy atom. The van der Waals surface area contributed by atoms with Gasteiger partial charge in [-0.05, 0) is 53.7 Å². The molecule has 0 bridgehead atoms. The average molecular weight is 368 g/mol. The topological polar surface area (TPSA) is 89.8 Å². The van der Waals surface area contributed by atoms with Crippen LogP contribution in [0.25, 0.3) is 5.69 Å². The Balaban J connectivity index is 1.99. The van der Waals surface area contributed by atoms with Gasteiger partial charge in [-0.1, -0.05) is 17.7 Å². The molecule has 2 aromatic carbocycles. The number of nitrogens with one attached hydrogen (secondary N) is 1. The second kappa shape index (κ2) is 6.17. The summed E-state index contributed by atoms with van der Waals surface area (Å²) in [5.41, 5.74) is 0.199. The molecule has 0 saturated heterocycles. The minimum atomic E-state index is -3.99. The first kappa shape index (κ1) is 16.3. The van der Waals surface area contributed by atoms with Gasteiger partial charge in [0.1, 0.15) is 5.82 Å². The van der Waals surface area contributed by atoms with Crippen molar-refractivity contribution >= 4 is 27.3 Å². The fraction of sp³-hybridized carbons (Fsp3) is 0.0714. The van der Waals surface area contributed by atoms with Crippen LogP contribution in [0.3, 0.4) is 0 Å². The number of hydrogen-bond acceptors (Lipinski definition) is 5. The van der Waals surface area contributed by atoms with Crippen LogP contribution < -0.4 is 4.72 Å². The van der Waals surface area contributed by atoms with Crippen molar-refractivity contribution in [2.75, 3.05) is 4.72 Å². The number of benzene rings is 2. The van der Waals surface area contributed by atoms with Gasteiger partial charge in [-0.15, -0.1) is 5.10 Å². The first-order valence-electron chi connectivity index (χ1n) is 6.70. The van der Waals surface area contributed by atoms with Crippen LogP contribution in [0.5, 0.6) is 0 Å². The Labute approximate surface area is 142 Å². The van der Waals surface area contributed by atoms with E-state index in [-0.39, 0.29) is 15.6 Å². The van der Waals surface area contributed by atoms with Crippen molar-refractivity contribution in [3.05, 3.63) is 59.1 Å². The molecule has 0 fully saturated rings. The molecular formula is C14H11ClFN5O2S. The monoisotopic (exact) mass is 367 g/mol. The maximum Gasteiger partial charge on any atom is 0.262 e. The van der Waals surface area contributed by atoms with Gasteiger partial charge in [-0.25, -0.2) is 12.8 Å². The van der Waals surface area contributed by atoms with Gasteiger partial charge in [0.25, 0.3) is 10.0 Å². The van der Waals surface area contributed by atoms with Gasteiger partial charge in [0, 0.05) is 5.02 Å². The number of aromatic nitrogens is 4. The summed E-state index contributed by atoms with van der Waals surface area (Å²) in [5.74, 6) is -0.250. The lowest BCUT2D eigenvalue weighted by atomic mass is 10.2. The molecular weight excluding hydrogens is 357 g/mol. The molecule has 0 atom stereocenters. The fourth-order valence-corrected chi connectivity index (χ4v) is 3.39. The highest BCUT2D eigenvalue weighted by Gasteiger charge is 2.18. The third kappa shape index (κ3) is 3.22. The van der Waals surface area contributed by atoms with Gasteiger partial charge >= 0.3 is 0 Å². The second-order valence-electron chi connectivity index (χ2n) is 4.86. The molecule has 24 heavy (non-hydrogen) atoms. The van der Waals surface area contributed by atoms with Gasteiger partial charge in [-0.2, -0.15) is 4.68 Å². The molecule has 0 unspecified atom stereocenters. The zero-order valence-corrected chi connectivity index (χ0v) is 13.9. The molecule has 1 N–H and O–H groups in total. The van der Waals surface area contributed by atoms with E-state index in [1.807, 2.05) is 0 Å². The summed E-state index contributed by atoms with van der Waals surface area (Å²) in [4.78, 5) is -0.0709. The number of sulfonamides is 1. The van der Waals surface area contributed by atoms with E-state index in [1.165, 1.54) is 35.0 Å². The van der Waals surface area contributed by atoms with Crippen LogP contribution in [0, 0.1) is 12.7 Å². The lowest BCUT2D eigenvalue weighted by Gasteiger charge is -2.11. The number of anilines is 1. The van der Waals surface area contributed by atoms with Gasteiger partial charge in [0.05, 0.1) is 16.3 Å². The lowest BCUT2D eigenvalue weighted by Crippen LogP contribution is -2.14. The summed E-state index contributed by atoms with van der Waals surface area (Å²) in [6.07, 6.45) is 0. The highest BCUT2D eigenvalue weighted by atomic mass is 35.5. The molecule has 3 rings (SSSR count). The van der Waals surface area contributed by atoms with Gasteiger partial charge in [0.2, 0.25) is 0 Å². The van der Waals surface area contributed by atoms with Crippen molar-refractivity contribution < 1.29 is 12.8 Å². The van der Waals surface area contributed by atoms with Crippen LogP contribution in [0.15, 0.2) is 47.4 Å². The Bertz CT molecular complexity index is 1010. The highest BCUT2D eigenvalue weighted by Crippen LogP contribution is 2.23. The molecule has 0 aliphatic carbocycles. The van der Waals surface area contributed by atoms with E-state index in [1.54, 1.807) is 13.0 Å². The quantitative estimate of drug-likeness (QED) is 0.765. The van der Waals surface area contributed by atoms with E-state index in [2.05, 4.69) is 20.2 Å².